The van der Waals surface area contributed by atoms with E-state index in [1.54, 1.807) is 54.6 Å². The third-order valence-electron chi connectivity index (χ3n) is 4.82. The summed E-state index contributed by atoms with van der Waals surface area (Å²) >= 11 is 16.3. The number of ether oxygens (including phenoxy) is 1. The first kappa shape index (κ1) is 23.8. The topological polar surface area (TPSA) is 46.6 Å². The highest BCUT2D eigenvalue weighted by atomic mass is 79.9. The largest absolute Gasteiger partial charge is 0.488 e. The van der Waals surface area contributed by atoms with Gasteiger partial charge in [-0.25, -0.2) is 4.39 Å². The highest BCUT2D eigenvalue weighted by Gasteiger charge is 2.35. The minimum absolute atomic E-state index is 0.0912. The molecule has 0 atom stereocenters. The summed E-state index contributed by atoms with van der Waals surface area (Å²) in [6, 6.07) is 16.6. The second-order valence-corrected chi connectivity index (χ2v) is 9.82. The number of rotatable bonds is 6. The summed E-state index contributed by atoms with van der Waals surface area (Å²) < 4.78 is 20.7. The Kier molecular flexibility index (Phi) is 7.44. The molecule has 3 aromatic rings. The normalized spacial score (nSPS) is 14.9. The Hall–Kier alpha value is -2.32. The summed E-state index contributed by atoms with van der Waals surface area (Å²) in [7, 11) is 0. The van der Waals surface area contributed by atoms with Crippen LogP contribution in [0.3, 0.4) is 0 Å². The second kappa shape index (κ2) is 10.3. The number of nitrogens with zero attached hydrogens (tertiary/aromatic N) is 1. The Morgan fingerprint density at radius 1 is 1.06 bits per heavy atom. The van der Waals surface area contributed by atoms with Gasteiger partial charge in [-0.2, -0.15) is 0 Å². The zero-order chi connectivity index (χ0) is 23.5. The minimum Gasteiger partial charge on any atom is -0.488 e. The lowest BCUT2D eigenvalue weighted by Crippen LogP contribution is -2.27. The molecule has 0 N–H and O–H groups in total. The molecule has 0 bridgehead atoms. The molecule has 0 radical (unpaired) electrons. The van der Waals surface area contributed by atoms with Crippen LogP contribution in [0.1, 0.15) is 16.7 Å². The Labute approximate surface area is 212 Å². The van der Waals surface area contributed by atoms with Gasteiger partial charge < -0.3 is 4.74 Å². The van der Waals surface area contributed by atoms with Gasteiger partial charge >= 0.3 is 0 Å². The molecule has 1 fully saturated rings. The van der Waals surface area contributed by atoms with Crippen LogP contribution in [-0.2, 0) is 17.9 Å². The average molecular weight is 567 g/mol. The molecule has 1 aliphatic heterocycles. The maximum Gasteiger partial charge on any atom is 0.293 e. The van der Waals surface area contributed by atoms with Crippen LogP contribution in [0.15, 0.2) is 70.0 Å². The lowest BCUT2D eigenvalue weighted by Gasteiger charge is -2.13. The van der Waals surface area contributed by atoms with Crippen molar-refractivity contribution in [3.8, 4) is 5.75 Å². The van der Waals surface area contributed by atoms with Crippen molar-refractivity contribution in [3.63, 3.8) is 0 Å². The van der Waals surface area contributed by atoms with Crippen LogP contribution in [0.5, 0.6) is 5.75 Å². The molecule has 1 aliphatic rings. The number of imide groups is 1. The minimum atomic E-state index is -0.468. The van der Waals surface area contributed by atoms with Gasteiger partial charge in [-0.1, -0.05) is 57.3 Å². The Balaban J connectivity index is 1.57. The standard InChI is InChI=1S/C24H15BrCl2FNO3S/c25-16-6-9-21(32-13-18-19(27)2-1-3-20(18)28)15(10-16)11-22-23(30)29(24(31)33-22)12-14-4-7-17(26)8-5-14/h1-11H,12-13H2/b22-11-. The molecule has 4 rings (SSSR count). The summed E-state index contributed by atoms with van der Waals surface area (Å²) in [5, 5.41) is 0.473. The van der Waals surface area contributed by atoms with E-state index in [2.05, 4.69) is 15.9 Å². The third-order valence-corrected chi connectivity index (χ3v) is 6.83. The van der Waals surface area contributed by atoms with Crippen LogP contribution in [0.2, 0.25) is 10.0 Å². The molecule has 1 heterocycles. The van der Waals surface area contributed by atoms with Crippen molar-refractivity contribution >= 4 is 68.1 Å². The van der Waals surface area contributed by atoms with Crippen LogP contribution < -0.4 is 4.74 Å². The monoisotopic (exact) mass is 565 g/mol. The molecule has 3 aromatic carbocycles. The number of benzene rings is 3. The van der Waals surface area contributed by atoms with Gasteiger partial charge in [-0.05, 0) is 65.9 Å². The van der Waals surface area contributed by atoms with E-state index < -0.39 is 11.7 Å². The fourth-order valence-corrected chi connectivity index (χ4v) is 4.69. The number of halogens is 4. The number of carbonyl (C=O) groups is 2. The van der Waals surface area contributed by atoms with Gasteiger partial charge in [0.15, 0.2) is 0 Å². The number of thioether (sulfide) groups is 1. The van der Waals surface area contributed by atoms with Gasteiger partial charge in [-0.3, -0.25) is 14.5 Å². The molecule has 0 aromatic heterocycles. The van der Waals surface area contributed by atoms with Crippen molar-refractivity contribution in [1.82, 2.24) is 4.90 Å². The van der Waals surface area contributed by atoms with Crippen molar-refractivity contribution < 1.29 is 18.7 Å². The van der Waals surface area contributed by atoms with Crippen molar-refractivity contribution in [2.75, 3.05) is 0 Å². The fourth-order valence-electron chi connectivity index (χ4n) is 3.13. The van der Waals surface area contributed by atoms with Crippen LogP contribution >= 0.6 is 50.9 Å². The Bertz CT molecular complexity index is 1250. The predicted octanol–water partition coefficient (Wildman–Crippen LogP) is 7.71. The van der Waals surface area contributed by atoms with Gasteiger partial charge in [0.05, 0.1) is 16.5 Å². The van der Waals surface area contributed by atoms with Gasteiger partial charge in [0.25, 0.3) is 11.1 Å². The first-order valence-electron chi connectivity index (χ1n) is 9.67. The van der Waals surface area contributed by atoms with E-state index in [0.717, 1.165) is 21.8 Å². The quantitative estimate of drug-likeness (QED) is 0.287. The van der Waals surface area contributed by atoms with E-state index in [9.17, 15) is 14.0 Å². The summed E-state index contributed by atoms with van der Waals surface area (Å²) in [6.07, 6.45) is 1.59. The van der Waals surface area contributed by atoms with Crippen molar-refractivity contribution in [3.05, 3.63) is 103 Å². The SMILES string of the molecule is O=C1S/C(=C\c2cc(Br)ccc2OCc2c(F)cccc2Cl)C(=O)N1Cc1ccc(Cl)cc1. The van der Waals surface area contributed by atoms with E-state index in [0.29, 0.717) is 16.3 Å². The van der Waals surface area contributed by atoms with E-state index in [1.807, 2.05) is 0 Å². The van der Waals surface area contributed by atoms with Gasteiger partial charge in [0, 0.05) is 20.6 Å². The number of amides is 2. The van der Waals surface area contributed by atoms with E-state index in [4.69, 9.17) is 27.9 Å². The fraction of sp³-hybridized carbons (Fsp3) is 0.0833. The molecule has 2 amide bonds. The van der Waals surface area contributed by atoms with Crippen molar-refractivity contribution in [2.45, 2.75) is 13.2 Å². The van der Waals surface area contributed by atoms with Gasteiger partial charge in [0.1, 0.15) is 18.2 Å². The van der Waals surface area contributed by atoms with Crippen LogP contribution in [0.4, 0.5) is 9.18 Å². The zero-order valence-corrected chi connectivity index (χ0v) is 20.8. The van der Waals surface area contributed by atoms with E-state index >= 15 is 0 Å². The Morgan fingerprint density at radius 2 is 1.82 bits per heavy atom. The first-order valence-corrected chi connectivity index (χ1v) is 12.0. The van der Waals surface area contributed by atoms with Crippen molar-refractivity contribution in [2.24, 2.45) is 0 Å². The van der Waals surface area contributed by atoms with Crippen LogP contribution in [0.25, 0.3) is 6.08 Å². The summed E-state index contributed by atoms with van der Waals surface area (Å²) in [5.41, 5.74) is 1.58. The van der Waals surface area contributed by atoms with E-state index in [1.165, 1.54) is 17.0 Å². The zero-order valence-electron chi connectivity index (χ0n) is 16.9. The highest BCUT2D eigenvalue weighted by Crippen LogP contribution is 2.36. The molecule has 9 heteroatoms. The van der Waals surface area contributed by atoms with Crippen LogP contribution in [-0.4, -0.2) is 16.0 Å². The number of hydrogen-bond acceptors (Lipinski definition) is 4. The maximum absolute atomic E-state index is 14.1. The molecule has 0 aliphatic carbocycles. The maximum atomic E-state index is 14.1. The van der Waals surface area contributed by atoms with E-state index in [-0.39, 0.29) is 33.9 Å². The van der Waals surface area contributed by atoms with Gasteiger partial charge in [-0.15, -0.1) is 0 Å². The van der Waals surface area contributed by atoms with Gasteiger partial charge in [0.2, 0.25) is 0 Å². The second-order valence-electron chi connectivity index (χ2n) is 7.07. The summed E-state index contributed by atoms with van der Waals surface area (Å²) in [6.45, 7) is 0.0544. The third kappa shape index (κ3) is 5.61. The number of carbonyl (C=O) groups excluding carboxylic acids is 2. The molecular weight excluding hydrogens is 552 g/mol. The lowest BCUT2D eigenvalue weighted by molar-refractivity contribution is -0.123. The molecule has 0 spiro atoms. The first-order chi connectivity index (χ1) is 15.8. The molecular formula is C24H15BrCl2FNO3S. The number of hydrogen-bond donors (Lipinski definition) is 0. The lowest BCUT2D eigenvalue weighted by atomic mass is 10.1. The van der Waals surface area contributed by atoms with Crippen molar-refractivity contribution in [1.29, 1.82) is 0 Å². The molecule has 168 valence electrons. The summed E-state index contributed by atoms with van der Waals surface area (Å²) in [4.78, 5) is 26.9. The average Bonchev–Trinajstić information content (AvgIpc) is 3.03. The molecule has 4 nitrogen and oxygen atoms in total. The molecule has 1 saturated heterocycles. The summed E-state index contributed by atoms with van der Waals surface area (Å²) in [5.74, 6) is -0.450. The van der Waals surface area contributed by atoms with Crippen LogP contribution in [0, 0.1) is 5.82 Å². The Morgan fingerprint density at radius 3 is 2.55 bits per heavy atom. The molecule has 33 heavy (non-hydrogen) atoms. The predicted molar refractivity (Wildman–Crippen MR) is 133 cm³/mol. The highest BCUT2D eigenvalue weighted by molar-refractivity contribution is 9.10. The smallest absolute Gasteiger partial charge is 0.293 e. The molecule has 0 unspecified atom stereocenters. The molecule has 0 saturated carbocycles.